The van der Waals surface area contributed by atoms with Crippen LogP contribution in [-0.2, 0) is 14.1 Å². The fraction of sp³-hybridized carbons (Fsp3) is 0.400. The molecule has 36 heavy (non-hydrogen) atoms. The number of benzene rings is 2. The molecule has 7 rings (SSSR count). The van der Waals surface area contributed by atoms with Crippen molar-refractivity contribution in [1.82, 2.24) is 9.13 Å². The summed E-state index contributed by atoms with van der Waals surface area (Å²) >= 11 is 0. The van der Waals surface area contributed by atoms with E-state index < -0.39 is 11.2 Å². The molecule has 1 aliphatic carbocycles. The lowest BCUT2D eigenvalue weighted by Gasteiger charge is -2.57. The van der Waals surface area contributed by atoms with Gasteiger partial charge in [0.25, 0.3) is 0 Å². The minimum absolute atomic E-state index is 0.0272. The number of nitrogens with zero attached hydrogens (tertiary/aromatic N) is 2. The Morgan fingerprint density at radius 3 is 1.67 bits per heavy atom. The van der Waals surface area contributed by atoms with E-state index in [1.165, 1.54) is 0 Å². The smallest absolute Gasteiger partial charge is 0.201 e. The SMILES string of the molecule is Cn1c2c(c(=O)c3ccccc31)C1CC(C)(CC3c4c(n(C)c5ccccc5c4=O)OC(C)(C)C13)O2. The Balaban J connectivity index is 1.53. The first-order chi connectivity index (χ1) is 17.1. The Hall–Kier alpha value is -3.54. The summed E-state index contributed by atoms with van der Waals surface area (Å²) in [7, 11) is 3.94. The number of pyridine rings is 2. The van der Waals surface area contributed by atoms with Crippen LogP contribution in [0.5, 0.6) is 11.8 Å². The number of para-hydroxylation sites is 2. The molecule has 0 amide bonds. The zero-order chi connectivity index (χ0) is 25.1. The lowest BCUT2D eigenvalue weighted by atomic mass is 9.56. The Morgan fingerprint density at radius 1 is 0.722 bits per heavy atom. The fourth-order valence-corrected chi connectivity index (χ4v) is 7.60. The van der Waals surface area contributed by atoms with Crippen molar-refractivity contribution >= 4 is 21.8 Å². The van der Waals surface area contributed by atoms with Crippen LogP contribution < -0.4 is 20.3 Å². The van der Waals surface area contributed by atoms with Crippen LogP contribution >= 0.6 is 0 Å². The van der Waals surface area contributed by atoms with Crippen molar-refractivity contribution in [3.63, 3.8) is 0 Å². The van der Waals surface area contributed by atoms with E-state index in [2.05, 4.69) is 20.8 Å². The van der Waals surface area contributed by atoms with Crippen LogP contribution in [0.2, 0.25) is 0 Å². The average Bonchev–Trinajstić information content (AvgIpc) is 2.84. The number of aryl methyl sites for hydroxylation is 2. The molecule has 0 N–H and O–H groups in total. The molecule has 1 fully saturated rings. The summed E-state index contributed by atoms with van der Waals surface area (Å²) < 4.78 is 17.5. The highest BCUT2D eigenvalue weighted by Gasteiger charge is 2.59. The van der Waals surface area contributed by atoms with Crippen molar-refractivity contribution in [1.29, 1.82) is 0 Å². The van der Waals surface area contributed by atoms with Gasteiger partial charge in [-0.2, -0.15) is 0 Å². The van der Waals surface area contributed by atoms with Gasteiger partial charge < -0.3 is 18.6 Å². The first kappa shape index (κ1) is 21.7. The van der Waals surface area contributed by atoms with E-state index in [0.717, 1.165) is 28.6 Å². The Kier molecular flexibility index (Phi) is 4.11. The van der Waals surface area contributed by atoms with Gasteiger partial charge in [-0.15, -0.1) is 0 Å². The van der Waals surface area contributed by atoms with Crippen molar-refractivity contribution in [3.05, 3.63) is 80.1 Å². The zero-order valence-corrected chi connectivity index (χ0v) is 21.3. The van der Waals surface area contributed by atoms with Crippen LogP contribution in [0.1, 0.15) is 56.6 Å². The molecule has 4 aromatic rings. The molecular formula is C30H30N2O4. The number of ether oxygens (including phenoxy) is 2. The van der Waals surface area contributed by atoms with E-state index in [-0.39, 0.29) is 28.6 Å². The maximum atomic E-state index is 14.0. The van der Waals surface area contributed by atoms with Crippen molar-refractivity contribution in [2.75, 3.05) is 0 Å². The second-order valence-electron chi connectivity index (χ2n) is 11.7. The van der Waals surface area contributed by atoms with Crippen LogP contribution in [0.4, 0.5) is 0 Å². The summed E-state index contributed by atoms with van der Waals surface area (Å²) in [4.78, 5) is 27.9. The van der Waals surface area contributed by atoms with Crippen molar-refractivity contribution < 1.29 is 9.47 Å². The second kappa shape index (κ2) is 6.81. The molecule has 0 spiro atoms. The van der Waals surface area contributed by atoms with Gasteiger partial charge in [0, 0.05) is 42.6 Å². The van der Waals surface area contributed by atoms with Gasteiger partial charge in [0.1, 0.15) is 11.2 Å². The van der Waals surface area contributed by atoms with E-state index in [0.29, 0.717) is 29.0 Å². The quantitative estimate of drug-likeness (QED) is 0.354. The van der Waals surface area contributed by atoms with Crippen LogP contribution in [0.25, 0.3) is 21.8 Å². The lowest BCUT2D eigenvalue weighted by Crippen LogP contribution is -2.58. The summed E-state index contributed by atoms with van der Waals surface area (Å²) in [5.74, 6) is 1.09. The van der Waals surface area contributed by atoms with Crippen molar-refractivity contribution in [2.24, 2.45) is 20.0 Å². The molecule has 184 valence electrons. The normalized spacial score (nSPS) is 27.5. The van der Waals surface area contributed by atoms with Gasteiger partial charge in [-0.05, 0) is 57.9 Å². The first-order valence-corrected chi connectivity index (χ1v) is 12.7. The maximum absolute atomic E-state index is 14.0. The lowest BCUT2D eigenvalue weighted by molar-refractivity contribution is -0.0864. The van der Waals surface area contributed by atoms with E-state index >= 15 is 0 Å². The minimum Gasteiger partial charge on any atom is -0.472 e. The molecule has 4 unspecified atom stereocenters. The number of hydrogen-bond acceptors (Lipinski definition) is 4. The molecule has 4 heterocycles. The van der Waals surface area contributed by atoms with Crippen molar-refractivity contribution in [2.45, 2.75) is 56.7 Å². The molecular weight excluding hydrogens is 452 g/mol. The van der Waals surface area contributed by atoms with Crippen molar-refractivity contribution in [3.8, 4) is 11.8 Å². The van der Waals surface area contributed by atoms with Gasteiger partial charge in [0.05, 0.1) is 22.2 Å². The Morgan fingerprint density at radius 2 is 1.17 bits per heavy atom. The topological polar surface area (TPSA) is 62.5 Å². The van der Waals surface area contributed by atoms with Gasteiger partial charge in [0.15, 0.2) is 10.9 Å². The van der Waals surface area contributed by atoms with Crippen LogP contribution in [0.3, 0.4) is 0 Å². The summed E-state index contributed by atoms with van der Waals surface area (Å²) in [5, 5.41) is 1.40. The Labute approximate surface area is 209 Å². The van der Waals surface area contributed by atoms with E-state index in [1.807, 2.05) is 71.8 Å². The van der Waals surface area contributed by atoms with Gasteiger partial charge in [-0.3, -0.25) is 9.59 Å². The van der Waals surface area contributed by atoms with Gasteiger partial charge in [-0.25, -0.2) is 0 Å². The molecule has 6 heteroatoms. The monoisotopic (exact) mass is 482 g/mol. The van der Waals surface area contributed by atoms with Crippen LogP contribution in [-0.4, -0.2) is 20.3 Å². The van der Waals surface area contributed by atoms with Gasteiger partial charge in [0.2, 0.25) is 11.8 Å². The predicted octanol–water partition coefficient (Wildman–Crippen LogP) is 4.99. The van der Waals surface area contributed by atoms with E-state index in [9.17, 15) is 9.59 Å². The number of aromatic nitrogens is 2. The summed E-state index contributed by atoms with van der Waals surface area (Å²) in [6, 6.07) is 15.4. The minimum atomic E-state index is -0.582. The van der Waals surface area contributed by atoms with Gasteiger partial charge >= 0.3 is 0 Å². The molecule has 0 saturated heterocycles. The third-order valence-electron chi connectivity index (χ3n) is 9.00. The molecule has 2 bridgehead atoms. The fourth-order valence-electron chi connectivity index (χ4n) is 7.60. The van der Waals surface area contributed by atoms with E-state index in [1.54, 1.807) is 0 Å². The average molecular weight is 483 g/mol. The zero-order valence-electron chi connectivity index (χ0n) is 21.3. The number of hydrogen-bond donors (Lipinski definition) is 0. The molecule has 2 aliphatic heterocycles. The molecule has 3 aliphatic rings. The largest absolute Gasteiger partial charge is 0.472 e. The summed E-state index contributed by atoms with van der Waals surface area (Å²) in [5.41, 5.74) is 2.15. The molecule has 1 saturated carbocycles. The Bertz CT molecular complexity index is 1630. The highest BCUT2D eigenvalue weighted by Crippen LogP contribution is 2.61. The summed E-state index contributed by atoms with van der Waals surface area (Å²) in [6.45, 7) is 6.35. The molecule has 4 atom stereocenters. The molecule has 6 nitrogen and oxygen atoms in total. The van der Waals surface area contributed by atoms with E-state index in [4.69, 9.17) is 9.47 Å². The number of fused-ring (bicyclic) bond motifs is 10. The number of rotatable bonds is 0. The highest BCUT2D eigenvalue weighted by molar-refractivity contribution is 5.82. The second-order valence-corrected chi connectivity index (χ2v) is 11.7. The third kappa shape index (κ3) is 2.62. The molecule has 0 radical (unpaired) electrons. The maximum Gasteiger partial charge on any atom is 0.201 e. The van der Waals surface area contributed by atoms with Crippen LogP contribution in [0, 0.1) is 5.92 Å². The van der Waals surface area contributed by atoms with Crippen LogP contribution in [0.15, 0.2) is 58.1 Å². The predicted molar refractivity (Wildman–Crippen MR) is 140 cm³/mol. The molecule has 2 aromatic carbocycles. The molecule has 2 aromatic heterocycles. The standard InChI is InChI=1S/C30H30N2O4/c1-29(2)24-18(22-25(33)16-10-6-8-12-20(16)31(4)27(22)35-29)14-30(3)15-19(24)23-26(34)17-11-7-9-13-21(17)32(5)28(23)36-30/h6-13,18-19,24H,14-15H2,1-5H3. The van der Waals surface area contributed by atoms with Gasteiger partial charge in [-0.1, -0.05) is 24.3 Å². The third-order valence-corrected chi connectivity index (χ3v) is 9.00. The first-order valence-electron chi connectivity index (χ1n) is 12.7. The highest BCUT2D eigenvalue weighted by atomic mass is 16.5. The summed E-state index contributed by atoms with van der Waals surface area (Å²) in [6.07, 6.45) is 1.42.